The predicted molar refractivity (Wildman–Crippen MR) is 66.7 cm³/mol. The van der Waals surface area contributed by atoms with Crippen LogP contribution in [0.15, 0.2) is 0 Å². The monoisotopic (exact) mass is 329 g/mol. The number of hydrogen-bond acceptors (Lipinski definition) is 2. The Morgan fingerprint density at radius 1 is 1.33 bits per heavy atom. The second-order valence-electron chi connectivity index (χ2n) is 5.57. The first-order valence-corrected chi connectivity index (χ1v) is 7.38. The van der Waals surface area contributed by atoms with Crippen LogP contribution in [0.4, 0.5) is 13.2 Å². The van der Waals surface area contributed by atoms with Gasteiger partial charge in [0.15, 0.2) is 0 Å². The molecule has 106 valence electrons. The molecule has 18 heavy (non-hydrogen) atoms. The Hall–Kier alpha value is 0.190. The quantitative estimate of drug-likeness (QED) is 0.787. The summed E-state index contributed by atoms with van der Waals surface area (Å²) >= 11 is 2.71. The van der Waals surface area contributed by atoms with E-state index in [0.717, 1.165) is 25.7 Å². The van der Waals surface area contributed by atoms with Crippen LogP contribution in [-0.2, 0) is 0 Å². The molecule has 1 aliphatic carbocycles. The first kappa shape index (κ1) is 14.6. The van der Waals surface area contributed by atoms with Crippen LogP contribution in [0.5, 0.6) is 0 Å². The van der Waals surface area contributed by atoms with Crippen LogP contribution in [0.3, 0.4) is 0 Å². The summed E-state index contributed by atoms with van der Waals surface area (Å²) in [5.41, 5.74) is -0.616. The van der Waals surface area contributed by atoms with Gasteiger partial charge in [0.05, 0.1) is 5.60 Å². The molecule has 0 aromatic rings. The maximum absolute atomic E-state index is 12.5. The fraction of sp³-hybridized carbons (Fsp3) is 1.00. The van der Waals surface area contributed by atoms with Crippen molar-refractivity contribution >= 4 is 15.9 Å². The highest BCUT2D eigenvalue weighted by atomic mass is 79.9. The number of alkyl halides is 4. The molecule has 3 atom stereocenters. The minimum absolute atomic E-state index is 0.0178. The number of rotatable bonds is 2. The summed E-state index contributed by atoms with van der Waals surface area (Å²) < 4.78 is 37.5. The second kappa shape index (κ2) is 5.29. The van der Waals surface area contributed by atoms with Gasteiger partial charge < -0.3 is 10.0 Å². The lowest BCUT2D eigenvalue weighted by Crippen LogP contribution is -2.54. The average molecular weight is 330 g/mol. The van der Waals surface area contributed by atoms with Gasteiger partial charge in [-0.3, -0.25) is 0 Å². The molecule has 0 aromatic heterocycles. The summed E-state index contributed by atoms with van der Waals surface area (Å²) in [5.74, 6) is 0.146. The van der Waals surface area contributed by atoms with Crippen LogP contribution >= 0.6 is 15.9 Å². The molecule has 2 nitrogen and oxygen atoms in total. The fourth-order valence-electron chi connectivity index (χ4n) is 3.14. The summed E-state index contributed by atoms with van der Waals surface area (Å²) in [6, 6.07) is 0. The summed E-state index contributed by atoms with van der Waals surface area (Å²) in [7, 11) is 0. The Morgan fingerprint density at radius 2 is 2.06 bits per heavy atom. The number of piperidine rings is 1. The zero-order valence-corrected chi connectivity index (χ0v) is 11.8. The van der Waals surface area contributed by atoms with Crippen LogP contribution in [0.25, 0.3) is 0 Å². The number of likely N-dealkylation sites (tertiary alicyclic amines) is 1. The molecule has 1 saturated carbocycles. The normalized spacial score (nSPS) is 36.2. The molecule has 6 heteroatoms. The molecule has 2 fully saturated rings. The van der Waals surface area contributed by atoms with Crippen LogP contribution in [0.1, 0.15) is 32.1 Å². The Morgan fingerprint density at radius 3 is 2.72 bits per heavy atom. The highest BCUT2D eigenvalue weighted by molar-refractivity contribution is 9.09. The summed E-state index contributed by atoms with van der Waals surface area (Å²) in [6.07, 6.45) is 0.276. The largest absolute Gasteiger partial charge is 0.402 e. The third-order valence-electron chi connectivity index (χ3n) is 4.29. The third-order valence-corrected chi connectivity index (χ3v) is 5.09. The van der Waals surface area contributed by atoms with Crippen molar-refractivity contribution in [3.8, 4) is 0 Å². The molecule has 1 N–H and O–H groups in total. The van der Waals surface area contributed by atoms with Gasteiger partial charge in [0.25, 0.3) is 0 Å². The van der Waals surface area contributed by atoms with E-state index in [1.165, 1.54) is 0 Å². The van der Waals surface area contributed by atoms with E-state index in [4.69, 9.17) is 0 Å². The Bertz CT molecular complexity index is 300. The van der Waals surface area contributed by atoms with Gasteiger partial charge >= 0.3 is 6.18 Å². The van der Waals surface area contributed by atoms with Crippen LogP contribution in [-0.4, -0.2) is 46.2 Å². The summed E-state index contributed by atoms with van der Waals surface area (Å²) in [6.45, 7) is 1.13. The van der Waals surface area contributed by atoms with E-state index in [1.54, 1.807) is 0 Å². The van der Waals surface area contributed by atoms with E-state index < -0.39 is 16.6 Å². The van der Waals surface area contributed by atoms with Crippen molar-refractivity contribution in [3.05, 3.63) is 0 Å². The lowest BCUT2D eigenvalue weighted by molar-refractivity contribution is -0.137. The number of hydrogen-bond donors (Lipinski definition) is 1. The predicted octanol–water partition coefficient (Wildman–Crippen LogP) is 2.94. The van der Waals surface area contributed by atoms with Gasteiger partial charge in [0, 0.05) is 25.6 Å². The first-order chi connectivity index (χ1) is 8.31. The van der Waals surface area contributed by atoms with Gasteiger partial charge in [-0.15, -0.1) is 0 Å². The van der Waals surface area contributed by atoms with Crippen molar-refractivity contribution in [1.29, 1.82) is 0 Å². The Labute approximate surface area is 114 Å². The average Bonchev–Trinajstić information content (AvgIpc) is 2.28. The van der Waals surface area contributed by atoms with E-state index >= 15 is 0 Å². The molecule has 2 rings (SSSR count). The SMILES string of the molecule is OC12CCCCC1CN(CC(Br)C(F)(F)F)CC2. The zero-order chi connectivity index (χ0) is 13.4. The molecule has 1 heterocycles. The highest BCUT2D eigenvalue weighted by Gasteiger charge is 2.45. The molecular weight excluding hydrogens is 311 g/mol. The number of halogens is 4. The molecule has 0 aromatic carbocycles. The van der Waals surface area contributed by atoms with E-state index in [-0.39, 0.29) is 12.5 Å². The van der Waals surface area contributed by atoms with Crippen molar-refractivity contribution in [2.45, 2.75) is 48.7 Å². The van der Waals surface area contributed by atoms with Gasteiger partial charge in [0.2, 0.25) is 0 Å². The van der Waals surface area contributed by atoms with Crippen LogP contribution in [0, 0.1) is 5.92 Å². The van der Waals surface area contributed by atoms with Gasteiger partial charge in [-0.25, -0.2) is 0 Å². The standard InChI is InChI=1S/C12H19BrF3NO/c13-10(12(14,15)16)8-17-6-5-11(18)4-2-1-3-9(11)7-17/h9-10,18H,1-8H2. The molecule has 0 bridgehead atoms. The van der Waals surface area contributed by atoms with Crippen molar-refractivity contribution in [3.63, 3.8) is 0 Å². The Kier molecular flexibility index (Phi) is 4.29. The van der Waals surface area contributed by atoms with E-state index in [1.807, 2.05) is 4.90 Å². The first-order valence-electron chi connectivity index (χ1n) is 6.47. The van der Waals surface area contributed by atoms with Crippen LogP contribution < -0.4 is 0 Å². The number of fused-ring (bicyclic) bond motifs is 1. The van der Waals surface area contributed by atoms with E-state index in [2.05, 4.69) is 15.9 Å². The molecule has 0 amide bonds. The van der Waals surface area contributed by atoms with Gasteiger partial charge in [0.1, 0.15) is 4.83 Å². The van der Waals surface area contributed by atoms with Crippen molar-refractivity contribution in [2.24, 2.45) is 5.92 Å². The van der Waals surface area contributed by atoms with E-state index in [9.17, 15) is 18.3 Å². The third kappa shape index (κ3) is 3.20. The van der Waals surface area contributed by atoms with E-state index in [0.29, 0.717) is 19.5 Å². The van der Waals surface area contributed by atoms with Gasteiger partial charge in [-0.05, 0) is 19.3 Å². The summed E-state index contributed by atoms with van der Waals surface area (Å²) in [5, 5.41) is 10.4. The molecular formula is C12H19BrF3NO. The molecule has 1 saturated heterocycles. The zero-order valence-electron chi connectivity index (χ0n) is 10.2. The lowest BCUT2D eigenvalue weighted by Gasteiger charge is -2.47. The topological polar surface area (TPSA) is 23.5 Å². The minimum Gasteiger partial charge on any atom is -0.390 e. The maximum atomic E-state index is 12.5. The molecule has 2 aliphatic rings. The molecule has 0 spiro atoms. The number of nitrogens with zero attached hydrogens (tertiary/aromatic N) is 1. The number of aliphatic hydroxyl groups is 1. The second-order valence-corrected chi connectivity index (χ2v) is 6.67. The van der Waals surface area contributed by atoms with Crippen molar-refractivity contribution in [2.75, 3.05) is 19.6 Å². The Balaban J connectivity index is 1.91. The van der Waals surface area contributed by atoms with Gasteiger partial charge in [-0.1, -0.05) is 28.8 Å². The van der Waals surface area contributed by atoms with Gasteiger partial charge in [-0.2, -0.15) is 13.2 Å². The minimum atomic E-state index is -4.19. The lowest BCUT2D eigenvalue weighted by atomic mass is 9.71. The molecule has 0 radical (unpaired) electrons. The highest BCUT2D eigenvalue weighted by Crippen LogP contribution is 2.40. The van der Waals surface area contributed by atoms with Crippen LogP contribution in [0.2, 0.25) is 0 Å². The van der Waals surface area contributed by atoms with Crippen molar-refractivity contribution < 1.29 is 18.3 Å². The molecule has 3 unspecified atom stereocenters. The fourth-order valence-corrected chi connectivity index (χ4v) is 3.55. The van der Waals surface area contributed by atoms with Crippen molar-refractivity contribution in [1.82, 2.24) is 4.90 Å². The smallest absolute Gasteiger partial charge is 0.390 e. The summed E-state index contributed by atoms with van der Waals surface area (Å²) in [4.78, 5) is 0.358. The maximum Gasteiger partial charge on any atom is 0.402 e. The molecule has 1 aliphatic heterocycles.